The summed E-state index contributed by atoms with van der Waals surface area (Å²) in [7, 11) is 0. The molecule has 0 amide bonds. The topological polar surface area (TPSA) is 35.8 Å². The van der Waals surface area contributed by atoms with Crippen LogP contribution in [0, 0.1) is 12.0 Å². The molecule has 0 saturated heterocycles. The second-order valence-electron chi connectivity index (χ2n) is 3.52. The van der Waals surface area contributed by atoms with Gasteiger partial charge in [-0.15, -0.1) is 0 Å². The van der Waals surface area contributed by atoms with Gasteiger partial charge in [-0.2, -0.15) is 0 Å². The Labute approximate surface area is 76.0 Å². The van der Waals surface area contributed by atoms with Crippen LogP contribution in [0.5, 0.6) is 0 Å². The summed E-state index contributed by atoms with van der Waals surface area (Å²) in [6, 6.07) is 3.15. The van der Waals surface area contributed by atoms with E-state index < -0.39 is 0 Å². The molecule has 70 valence electrons. The lowest BCUT2D eigenvalue weighted by atomic mass is 9.95. The Hall–Kier alpha value is -0.550. The van der Waals surface area contributed by atoms with Gasteiger partial charge in [0.15, 0.2) is 0 Å². The number of nitrogens with one attached hydrogen (secondary N) is 2. The molecule has 0 radical (unpaired) electrons. The molecule has 2 nitrogen and oxygen atoms in total. The zero-order chi connectivity index (χ0) is 9.56. The molecule has 12 heavy (non-hydrogen) atoms. The minimum absolute atomic E-state index is 0.139. The van der Waals surface area contributed by atoms with E-state index in [1.54, 1.807) is 0 Å². The van der Waals surface area contributed by atoms with Gasteiger partial charge in [0.25, 0.3) is 6.07 Å². The Kier molecular flexibility index (Phi) is 5.74. The molecule has 0 aromatic carbocycles. The number of hydrogen-bond acceptors (Lipinski definition) is 1. The van der Waals surface area contributed by atoms with E-state index in [1.165, 1.54) is 0 Å². The summed E-state index contributed by atoms with van der Waals surface area (Å²) in [6.07, 6.45) is 2.24. The maximum Gasteiger partial charge on any atom is 0.289 e. The fourth-order valence-electron chi connectivity index (χ4n) is 1.41. The molecule has 0 aliphatic carbocycles. The van der Waals surface area contributed by atoms with Gasteiger partial charge in [-0.3, -0.25) is 5.32 Å². The van der Waals surface area contributed by atoms with E-state index in [9.17, 15) is 0 Å². The molecule has 0 aromatic heterocycles. The SMILES string of the molecule is CCC(CC)[C@H](C#[NH+])NC(C)C. The van der Waals surface area contributed by atoms with Crippen LogP contribution >= 0.6 is 0 Å². The van der Waals surface area contributed by atoms with E-state index in [-0.39, 0.29) is 6.04 Å². The van der Waals surface area contributed by atoms with E-state index in [0.29, 0.717) is 12.0 Å². The van der Waals surface area contributed by atoms with Crippen LogP contribution in [0.2, 0.25) is 0 Å². The van der Waals surface area contributed by atoms with Gasteiger partial charge in [-0.1, -0.05) is 32.0 Å². The first-order valence-electron chi connectivity index (χ1n) is 4.83. The Bertz CT molecular complexity index is 142. The highest BCUT2D eigenvalue weighted by Crippen LogP contribution is 2.12. The van der Waals surface area contributed by atoms with Gasteiger partial charge < -0.3 is 0 Å². The Morgan fingerprint density at radius 1 is 1.25 bits per heavy atom. The van der Waals surface area contributed by atoms with Crippen LogP contribution in [0.15, 0.2) is 0 Å². The zero-order valence-corrected chi connectivity index (χ0v) is 8.65. The highest BCUT2D eigenvalue weighted by atomic mass is 14.9. The van der Waals surface area contributed by atoms with Crippen molar-refractivity contribution in [2.24, 2.45) is 5.92 Å². The van der Waals surface area contributed by atoms with Crippen LogP contribution in [0.4, 0.5) is 0 Å². The van der Waals surface area contributed by atoms with Crippen molar-refractivity contribution in [2.45, 2.75) is 52.6 Å². The Morgan fingerprint density at radius 2 is 1.75 bits per heavy atom. The second kappa shape index (κ2) is 6.02. The van der Waals surface area contributed by atoms with Crippen LogP contribution in [0.1, 0.15) is 40.5 Å². The molecule has 0 spiro atoms. The summed E-state index contributed by atoms with van der Waals surface area (Å²) in [5.74, 6) is 0.560. The fourth-order valence-corrected chi connectivity index (χ4v) is 1.41. The molecule has 0 fully saturated rings. The van der Waals surface area contributed by atoms with E-state index in [2.05, 4.69) is 39.1 Å². The largest absolute Gasteiger partial charge is 0.296 e. The van der Waals surface area contributed by atoms with Crippen LogP contribution in [-0.4, -0.2) is 12.1 Å². The summed E-state index contributed by atoms with van der Waals surface area (Å²) in [6.45, 7) is 8.54. The molecule has 0 rings (SSSR count). The first-order valence-corrected chi connectivity index (χ1v) is 4.83. The third-order valence-electron chi connectivity index (χ3n) is 2.19. The van der Waals surface area contributed by atoms with Crippen molar-refractivity contribution in [2.75, 3.05) is 0 Å². The number of hydrogen-bond donors (Lipinski definition) is 2. The molecule has 1 atom stereocenters. The summed E-state index contributed by atoms with van der Waals surface area (Å²) in [4.78, 5) is 0. The van der Waals surface area contributed by atoms with Crippen molar-refractivity contribution in [3.63, 3.8) is 0 Å². The van der Waals surface area contributed by atoms with Crippen LogP contribution in [0.3, 0.4) is 0 Å². The van der Waals surface area contributed by atoms with Crippen LogP contribution < -0.4 is 10.6 Å². The standard InChI is InChI=1S/C10H20N2/c1-5-9(6-2)10(7-11)12-8(3)4/h8-10,12H,5-6H2,1-4H3/p+1/t10-/m0/s1. The van der Waals surface area contributed by atoms with Crippen molar-refractivity contribution < 1.29 is 5.26 Å². The van der Waals surface area contributed by atoms with E-state index >= 15 is 0 Å². The maximum absolute atomic E-state index is 7.18. The third kappa shape index (κ3) is 3.73. The molecule has 0 bridgehead atoms. The summed E-state index contributed by atoms with van der Waals surface area (Å²) in [5.41, 5.74) is 0. The predicted molar refractivity (Wildman–Crippen MR) is 51.0 cm³/mol. The smallest absolute Gasteiger partial charge is 0.289 e. The highest BCUT2D eigenvalue weighted by molar-refractivity contribution is 4.93. The van der Waals surface area contributed by atoms with Crippen molar-refractivity contribution in [3.8, 4) is 6.07 Å². The normalized spacial score (nSPS) is 13.4. The first kappa shape index (κ1) is 11.4. The van der Waals surface area contributed by atoms with Crippen LogP contribution in [0.25, 0.3) is 0 Å². The molecular weight excluding hydrogens is 148 g/mol. The first-order chi connectivity index (χ1) is 5.65. The van der Waals surface area contributed by atoms with Gasteiger partial charge in [0, 0.05) is 6.04 Å². The Balaban J connectivity index is 4.04. The highest BCUT2D eigenvalue weighted by Gasteiger charge is 2.20. The summed E-state index contributed by atoms with van der Waals surface area (Å²) >= 11 is 0. The average Bonchev–Trinajstić information content (AvgIpc) is 2.04. The summed E-state index contributed by atoms with van der Waals surface area (Å²) < 4.78 is 0. The van der Waals surface area contributed by atoms with Gasteiger partial charge in [-0.25, -0.2) is 0 Å². The lowest BCUT2D eigenvalue weighted by molar-refractivity contribution is -0.0985. The predicted octanol–water partition coefficient (Wildman–Crippen LogP) is 0.562. The van der Waals surface area contributed by atoms with E-state index in [0.717, 1.165) is 12.8 Å². The molecule has 2 N–H and O–H groups in total. The van der Waals surface area contributed by atoms with E-state index in [1.807, 2.05) is 0 Å². The van der Waals surface area contributed by atoms with E-state index in [4.69, 9.17) is 5.26 Å². The van der Waals surface area contributed by atoms with Crippen LogP contribution in [-0.2, 0) is 0 Å². The average molecular weight is 169 g/mol. The quantitative estimate of drug-likeness (QED) is 0.620. The van der Waals surface area contributed by atoms with Gasteiger partial charge in [0.05, 0.1) is 0 Å². The van der Waals surface area contributed by atoms with Crippen molar-refractivity contribution >= 4 is 0 Å². The molecule has 0 aliphatic heterocycles. The van der Waals surface area contributed by atoms with Gasteiger partial charge in [0.1, 0.15) is 6.04 Å². The monoisotopic (exact) mass is 169 g/mol. The second-order valence-corrected chi connectivity index (χ2v) is 3.52. The minimum Gasteiger partial charge on any atom is -0.296 e. The minimum atomic E-state index is 0.139. The molecule has 0 aromatic rings. The number of rotatable bonds is 5. The molecule has 0 heterocycles. The lowest BCUT2D eigenvalue weighted by Gasteiger charge is -2.19. The molecular formula is C10H21N2+. The molecule has 0 unspecified atom stereocenters. The lowest BCUT2D eigenvalue weighted by Crippen LogP contribution is -2.42. The van der Waals surface area contributed by atoms with Crippen molar-refractivity contribution in [1.82, 2.24) is 5.32 Å². The van der Waals surface area contributed by atoms with Gasteiger partial charge >= 0.3 is 0 Å². The molecule has 0 aliphatic rings. The third-order valence-corrected chi connectivity index (χ3v) is 2.19. The van der Waals surface area contributed by atoms with Gasteiger partial charge in [-0.05, 0) is 19.8 Å². The Morgan fingerprint density at radius 3 is 2.00 bits per heavy atom. The van der Waals surface area contributed by atoms with Crippen molar-refractivity contribution in [3.05, 3.63) is 0 Å². The fraction of sp³-hybridized carbons (Fsp3) is 0.900. The maximum atomic E-state index is 7.18. The molecule has 2 heteroatoms. The molecule has 0 saturated carbocycles. The van der Waals surface area contributed by atoms with Gasteiger partial charge in [0.2, 0.25) is 0 Å². The summed E-state index contributed by atoms with van der Waals surface area (Å²) in [5, 5.41) is 10.5. The van der Waals surface area contributed by atoms with Crippen molar-refractivity contribution in [1.29, 1.82) is 0 Å². The zero-order valence-electron chi connectivity index (χ0n) is 8.65.